The summed E-state index contributed by atoms with van der Waals surface area (Å²) in [7, 11) is -3.59. The summed E-state index contributed by atoms with van der Waals surface area (Å²) in [6.45, 7) is 2.05. The zero-order chi connectivity index (χ0) is 19.6. The minimum Gasteiger partial charge on any atom is -0.290 e. The van der Waals surface area contributed by atoms with Crippen molar-refractivity contribution in [2.75, 3.05) is 13.1 Å². The summed E-state index contributed by atoms with van der Waals surface area (Å²) in [5, 5.41) is 4.65. The molecular formula is C21H21ClN2O2S2. The van der Waals surface area contributed by atoms with E-state index >= 15 is 0 Å². The minimum absolute atomic E-state index is 0.0123. The molecule has 1 N–H and O–H groups in total. The maximum Gasteiger partial charge on any atom is 0.240 e. The molecule has 2 heterocycles. The largest absolute Gasteiger partial charge is 0.290 e. The van der Waals surface area contributed by atoms with Crippen LogP contribution in [0.25, 0.3) is 0 Å². The Morgan fingerprint density at radius 3 is 2.54 bits per heavy atom. The molecule has 4 rings (SSSR count). The molecule has 1 aliphatic rings. The molecule has 0 spiro atoms. The number of thiophene rings is 1. The van der Waals surface area contributed by atoms with Gasteiger partial charge in [-0.15, -0.1) is 0 Å². The van der Waals surface area contributed by atoms with Crippen LogP contribution in [-0.4, -0.2) is 26.4 Å². The highest BCUT2D eigenvalue weighted by Crippen LogP contribution is 2.29. The summed E-state index contributed by atoms with van der Waals surface area (Å²) < 4.78 is 28.3. The van der Waals surface area contributed by atoms with Crippen molar-refractivity contribution in [3.8, 4) is 0 Å². The summed E-state index contributed by atoms with van der Waals surface area (Å²) in [6.07, 6.45) is 0.973. The van der Waals surface area contributed by atoms with Crippen LogP contribution in [0.15, 0.2) is 70.3 Å². The van der Waals surface area contributed by atoms with Gasteiger partial charge in [0.1, 0.15) is 0 Å². The molecule has 0 amide bonds. The molecule has 146 valence electrons. The maximum absolute atomic E-state index is 12.7. The van der Waals surface area contributed by atoms with Gasteiger partial charge in [-0.05, 0) is 64.2 Å². The Morgan fingerprint density at radius 1 is 1.07 bits per heavy atom. The lowest BCUT2D eigenvalue weighted by atomic mass is 9.97. The molecule has 0 saturated heterocycles. The summed E-state index contributed by atoms with van der Waals surface area (Å²) >= 11 is 7.51. The van der Waals surface area contributed by atoms with Crippen molar-refractivity contribution in [2.24, 2.45) is 0 Å². The first kappa shape index (κ1) is 19.6. The molecule has 0 bridgehead atoms. The van der Waals surface area contributed by atoms with E-state index in [-0.39, 0.29) is 10.9 Å². The van der Waals surface area contributed by atoms with Crippen LogP contribution < -0.4 is 4.72 Å². The fourth-order valence-electron chi connectivity index (χ4n) is 3.59. The number of hydrogen-bond acceptors (Lipinski definition) is 4. The van der Waals surface area contributed by atoms with Crippen LogP contribution in [0.1, 0.15) is 22.7 Å². The van der Waals surface area contributed by atoms with Gasteiger partial charge >= 0.3 is 0 Å². The van der Waals surface area contributed by atoms with Crippen molar-refractivity contribution in [2.45, 2.75) is 23.9 Å². The number of sulfonamides is 1. The van der Waals surface area contributed by atoms with Gasteiger partial charge < -0.3 is 0 Å². The smallest absolute Gasteiger partial charge is 0.240 e. The van der Waals surface area contributed by atoms with Gasteiger partial charge in [0.05, 0.1) is 4.90 Å². The third-order valence-electron chi connectivity index (χ3n) is 5.12. The number of nitrogens with zero attached hydrogens (tertiary/aromatic N) is 1. The van der Waals surface area contributed by atoms with E-state index in [1.165, 1.54) is 23.3 Å². The third-order valence-corrected chi connectivity index (χ3v) is 7.51. The molecule has 1 aliphatic heterocycles. The SMILES string of the molecule is O=S(=O)(NC[C@H](c1ccsc1)N1CCc2ccccc2C1)c1ccc(Cl)cc1. The second-order valence-corrected chi connectivity index (χ2v) is 9.85. The van der Waals surface area contributed by atoms with Gasteiger partial charge in [0.15, 0.2) is 0 Å². The second-order valence-electron chi connectivity index (χ2n) is 6.87. The van der Waals surface area contributed by atoms with Gasteiger partial charge in [-0.25, -0.2) is 13.1 Å². The first-order chi connectivity index (χ1) is 13.5. The molecule has 1 aromatic heterocycles. The fourth-order valence-corrected chi connectivity index (χ4v) is 5.46. The van der Waals surface area contributed by atoms with Gasteiger partial charge in [0.2, 0.25) is 10.0 Å². The standard InChI is InChI=1S/C21H21ClN2O2S2/c22-19-5-7-20(8-6-19)28(25,26)23-13-21(18-10-12-27-15-18)24-11-9-16-3-1-2-4-17(16)14-24/h1-8,10,12,15,21,23H,9,11,13-14H2/t21-/m1/s1. The van der Waals surface area contributed by atoms with E-state index in [4.69, 9.17) is 11.6 Å². The fraction of sp³-hybridized carbons (Fsp3) is 0.238. The van der Waals surface area contributed by atoms with Crippen LogP contribution in [0.3, 0.4) is 0 Å². The Labute approximate surface area is 174 Å². The molecule has 4 nitrogen and oxygen atoms in total. The molecule has 0 unspecified atom stereocenters. The van der Waals surface area contributed by atoms with Gasteiger partial charge in [-0.3, -0.25) is 4.90 Å². The minimum atomic E-state index is -3.59. The normalized spacial score (nSPS) is 15.9. The average Bonchev–Trinajstić information content (AvgIpc) is 3.23. The zero-order valence-corrected chi connectivity index (χ0v) is 17.6. The van der Waals surface area contributed by atoms with E-state index < -0.39 is 10.0 Å². The Kier molecular flexibility index (Phi) is 5.85. The van der Waals surface area contributed by atoms with Crippen molar-refractivity contribution < 1.29 is 8.42 Å². The number of fused-ring (bicyclic) bond motifs is 1. The van der Waals surface area contributed by atoms with Crippen LogP contribution >= 0.6 is 22.9 Å². The Balaban J connectivity index is 1.54. The number of rotatable bonds is 6. The van der Waals surface area contributed by atoms with Crippen LogP contribution in [0, 0.1) is 0 Å². The quantitative estimate of drug-likeness (QED) is 0.624. The van der Waals surface area contributed by atoms with Crippen LogP contribution in [-0.2, 0) is 23.0 Å². The van der Waals surface area contributed by atoms with Crippen LogP contribution in [0.4, 0.5) is 0 Å². The van der Waals surface area contributed by atoms with Gasteiger partial charge in [-0.1, -0.05) is 35.9 Å². The van der Waals surface area contributed by atoms with Crippen LogP contribution in [0.5, 0.6) is 0 Å². The lowest BCUT2D eigenvalue weighted by molar-refractivity contribution is 0.181. The number of benzene rings is 2. The van der Waals surface area contributed by atoms with E-state index in [9.17, 15) is 8.42 Å². The highest BCUT2D eigenvalue weighted by Gasteiger charge is 2.26. The monoisotopic (exact) mass is 432 g/mol. The van der Waals surface area contributed by atoms with E-state index in [2.05, 4.69) is 45.3 Å². The number of hydrogen-bond donors (Lipinski definition) is 1. The predicted molar refractivity (Wildman–Crippen MR) is 114 cm³/mol. The average molecular weight is 433 g/mol. The lowest BCUT2D eigenvalue weighted by Crippen LogP contribution is -2.40. The van der Waals surface area contributed by atoms with E-state index in [1.807, 2.05) is 5.38 Å². The summed E-state index contributed by atoms with van der Waals surface area (Å²) in [5.41, 5.74) is 3.84. The second kappa shape index (κ2) is 8.35. The maximum atomic E-state index is 12.7. The molecule has 1 atom stereocenters. The topological polar surface area (TPSA) is 49.4 Å². The molecule has 0 radical (unpaired) electrons. The summed E-state index contributed by atoms with van der Waals surface area (Å²) in [6, 6.07) is 16.8. The third kappa shape index (κ3) is 4.31. The first-order valence-electron chi connectivity index (χ1n) is 9.11. The number of nitrogens with one attached hydrogen (secondary N) is 1. The highest BCUT2D eigenvalue weighted by molar-refractivity contribution is 7.89. The van der Waals surface area contributed by atoms with Gasteiger partial charge in [-0.2, -0.15) is 11.3 Å². The molecule has 2 aromatic carbocycles. The lowest BCUT2D eigenvalue weighted by Gasteiger charge is -2.35. The van der Waals surface area contributed by atoms with Crippen molar-refractivity contribution >= 4 is 33.0 Å². The van der Waals surface area contributed by atoms with Crippen molar-refractivity contribution in [1.29, 1.82) is 0 Å². The Morgan fingerprint density at radius 2 is 1.82 bits per heavy atom. The van der Waals surface area contributed by atoms with Gasteiger partial charge in [0.25, 0.3) is 0 Å². The molecule has 0 saturated carbocycles. The van der Waals surface area contributed by atoms with E-state index in [0.29, 0.717) is 11.6 Å². The molecule has 0 fully saturated rings. The molecule has 7 heteroatoms. The zero-order valence-electron chi connectivity index (χ0n) is 15.2. The summed E-state index contributed by atoms with van der Waals surface area (Å²) in [4.78, 5) is 2.58. The van der Waals surface area contributed by atoms with E-state index in [1.54, 1.807) is 23.5 Å². The first-order valence-corrected chi connectivity index (χ1v) is 11.9. The molecule has 28 heavy (non-hydrogen) atoms. The van der Waals surface area contributed by atoms with Gasteiger partial charge in [0, 0.05) is 30.7 Å². The van der Waals surface area contributed by atoms with Crippen molar-refractivity contribution in [3.05, 3.63) is 87.1 Å². The number of halogens is 1. The van der Waals surface area contributed by atoms with Crippen molar-refractivity contribution in [3.63, 3.8) is 0 Å². The molecular weight excluding hydrogens is 412 g/mol. The van der Waals surface area contributed by atoms with E-state index in [0.717, 1.165) is 25.1 Å². The highest BCUT2D eigenvalue weighted by atomic mass is 35.5. The Bertz CT molecular complexity index is 1030. The Hall–Kier alpha value is -1.70. The predicted octanol–water partition coefficient (Wildman–Crippen LogP) is 4.48. The van der Waals surface area contributed by atoms with Crippen molar-refractivity contribution in [1.82, 2.24) is 9.62 Å². The van der Waals surface area contributed by atoms with Crippen LogP contribution in [0.2, 0.25) is 5.02 Å². The molecule has 0 aliphatic carbocycles. The molecule has 3 aromatic rings. The summed E-state index contributed by atoms with van der Waals surface area (Å²) in [5.74, 6) is 0.